The highest BCUT2D eigenvalue weighted by atomic mass is 35.5. The number of carbonyl (C=O) groups excluding carboxylic acids is 1. The number of hydrogen-bond donors (Lipinski definition) is 2. The van der Waals surface area contributed by atoms with Gasteiger partial charge in [0.05, 0.1) is 16.8 Å². The Labute approximate surface area is 118 Å². The third-order valence-electron chi connectivity index (χ3n) is 3.90. The van der Waals surface area contributed by atoms with Gasteiger partial charge in [0.25, 0.3) is 0 Å². The minimum absolute atomic E-state index is 0.0175. The van der Waals surface area contributed by atoms with Crippen molar-refractivity contribution in [3.63, 3.8) is 0 Å². The highest BCUT2D eigenvalue weighted by Gasteiger charge is 2.28. The quantitative estimate of drug-likeness (QED) is 0.835. The van der Waals surface area contributed by atoms with Crippen LogP contribution >= 0.6 is 11.6 Å². The van der Waals surface area contributed by atoms with Crippen LogP contribution in [0.5, 0.6) is 0 Å². The van der Waals surface area contributed by atoms with Crippen molar-refractivity contribution in [3.8, 4) is 0 Å². The topological polar surface area (TPSA) is 58.4 Å². The summed E-state index contributed by atoms with van der Waals surface area (Å²) in [6, 6.07) is 5.51. The molecule has 1 fully saturated rings. The Hall–Kier alpha value is -1.26. The van der Waals surface area contributed by atoms with Crippen LogP contribution in [0.3, 0.4) is 0 Å². The Morgan fingerprint density at radius 1 is 1.53 bits per heavy atom. The van der Waals surface area contributed by atoms with E-state index in [4.69, 9.17) is 17.3 Å². The first-order chi connectivity index (χ1) is 8.99. The van der Waals surface area contributed by atoms with Crippen molar-refractivity contribution >= 4 is 28.9 Å². The van der Waals surface area contributed by atoms with Gasteiger partial charge in [-0.05, 0) is 45.0 Å². The molecule has 0 aromatic heterocycles. The highest BCUT2D eigenvalue weighted by Crippen LogP contribution is 2.26. The van der Waals surface area contributed by atoms with Crippen LogP contribution in [0.4, 0.5) is 11.4 Å². The lowest BCUT2D eigenvalue weighted by molar-refractivity contribution is -0.121. The Morgan fingerprint density at radius 2 is 2.21 bits per heavy atom. The van der Waals surface area contributed by atoms with Crippen molar-refractivity contribution in [3.05, 3.63) is 23.2 Å². The predicted octanol–water partition coefficient (Wildman–Crippen LogP) is 2.73. The zero-order chi connectivity index (χ0) is 14.0. The van der Waals surface area contributed by atoms with E-state index in [-0.39, 0.29) is 11.9 Å². The summed E-state index contributed by atoms with van der Waals surface area (Å²) in [5.41, 5.74) is 6.87. The molecule has 19 heavy (non-hydrogen) atoms. The highest BCUT2D eigenvalue weighted by molar-refractivity contribution is 6.33. The first-order valence-corrected chi connectivity index (χ1v) is 6.94. The molecule has 1 unspecified atom stereocenters. The molecule has 1 aliphatic rings. The van der Waals surface area contributed by atoms with Crippen molar-refractivity contribution in [2.45, 2.75) is 38.3 Å². The van der Waals surface area contributed by atoms with Gasteiger partial charge in [0.15, 0.2) is 0 Å². The Balaban J connectivity index is 1.97. The number of likely N-dealkylation sites (N-methyl/N-ethyl adjacent to an activating group) is 1. The molecule has 1 saturated carbocycles. The van der Waals surface area contributed by atoms with Crippen molar-refractivity contribution < 1.29 is 4.79 Å². The van der Waals surface area contributed by atoms with Crippen molar-refractivity contribution in [1.29, 1.82) is 0 Å². The monoisotopic (exact) mass is 281 g/mol. The molecule has 0 radical (unpaired) electrons. The summed E-state index contributed by atoms with van der Waals surface area (Å²) in [5, 5.41) is 3.37. The van der Waals surface area contributed by atoms with Gasteiger partial charge in [0.1, 0.15) is 0 Å². The summed E-state index contributed by atoms with van der Waals surface area (Å²) in [6.45, 7) is 1.92. The van der Waals surface area contributed by atoms with E-state index in [1.165, 1.54) is 19.3 Å². The number of benzene rings is 1. The van der Waals surface area contributed by atoms with Gasteiger partial charge in [0, 0.05) is 11.7 Å². The van der Waals surface area contributed by atoms with E-state index >= 15 is 0 Å². The van der Waals surface area contributed by atoms with Gasteiger partial charge < -0.3 is 11.1 Å². The van der Waals surface area contributed by atoms with Crippen LogP contribution in [0.1, 0.15) is 26.2 Å². The number of nitrogens with one attached hydrogen (secondary N) is 1. The van der Waals surface area contributed by atoms with Crippen LogP contribution in [0.25, 0.3) is 0 Å². The molecule has 0 saturated heterocycles. The van der Waals surface area contributed by atoms with E-state index in [2.05, 4.69) is 10.2 Å². The molecule has 1 amide bonds. The number of nitrogen functional groups attached to an aromatic ring is 1. The molecule has 3 N–H and O–H groups in total. The van der Waals surface area contributed by atoms with Gasteiger partial charge in [-0.2, -0.15) is 0 Å². The molecular weight excluding hydrogens is 262 g/mol. The number of hydrogen-bond acceptors (Lipinski definition) is 3. The number of anilines is 2. The standard InChI is InChI=1S/C14H20ClN3O/c1-9(18(2)11-4-3-5-11)14(19)17-10-6-7-12(15)13(16)8-10/h6-9,11H,3-5,16H2,1-2H3,(H,17,19). The fourth-order valence-electron chi connectivity index (χ4n) is 2.16. The fraction of sp³-hybridized carbons (Fsp3) is 0.500. The summed E-state index contributed by atoms with van der Waals surface area (Å²) in [5.74, 6) is -0.0175. The number of carbonyl (C=O) groups is 1. The maximum Gasteiger partial charge on any atom is 0.241 e. The minimum Gasteiger partial charge on any atom is -0.397 e. The summed E-state index contributed by atoms with van der Waals surface area (Å²) < 4.78 is 0. The fourth-order valence-corrected chi connectivity index (χ4v) is 2.28. The Kier molecular flexibility index (Phi) is 4.32. The third-order valence-corrected chi connectivity index (χ3v) is 4.25. The number of halogens is 1. The van der Waals surface area contributed by atoms with Gasteiger partial charge in [0.2, 0.25) is 5.91 Å². The average Bonchev–Trinajstić information content (AvgIpc) is 2.30. The van der Waals surface area contributed by atoms with E-state index < -0.39 is 0 Å². The van der Waals surface area contributed by atoms with Crippen LogP contribution in [-0.2, 0) is 4.79 Å². The normalized spacial score (nSPS) is 17.1. The molecular formula is C14H20ClN3O. The van der Waals surface area contributed by atoms with Crippen LogP contribution in [0.15, 0.2) is 18.2 Å². The van der Waals surface area contributed by atoms with E-state index in [1.807, 2.05) is 14.0 Å². The molecule has 0 bridgehead atoms. The molecule has 5 heteroatoms. The molecule has 1 aromatic rings. The molecule has 1 aromatic carbocycles. The second-order valence-corrected chi connectivity index (χ2v) is 5.56. The maximum absolute atomic E-state index is 12.2. The van der Waals surface area contributed by atoms with E-state index in [1.54, 1.807) is 18.2 Å². The lowest BCUT2D eigenvalue weighted by atomic mass is 9.91. The molecule has 1 atom stereocenters. The van der Waals surface area contributed by atoms with Crippen molar-refractivity contribution in [2.24, 2.45) is 0 Å². The van der Waals surface area contributed by atoms with Crippen LogP contribution in [0, 0.1) is 0 Å². The summed E-state index contributed by atoms with van der Waals surface area (Å²) in [4.78, 5) is 14.3. The van der Waals surface area contributed by atoms with Gasteiger partial charge in [-0.3, -0.25) is 9.69 Å². The van der Waals surface area contributed by atoms with Crippen LogP contribution in [-0.4, -0.2) is 29.9 Å². The van der Waals surface area contributed by atoms with E-state index in [0.29, 0.717) is 22.4 Å². The number of amides is 1. The number of nitrogens with zero attached hydrogens (tertiary/aromatic N) is 1. The SMILES string of the molecule is CC(C(=O)Nc1ccc(Cl)c(N)c1)N(C)C1CCC1. The first kappa shape index (κ1) is 14.2. The predicted molar refractivity (Wildman–Crippen MR) is 79.4 cm³/mol. The van der Waals surface area contributed by atoms with E-state index in [9.17, 15) is 4.79 Å². The van der Waals surface area contributed by atoms with Crippen LogP contribution < -0.4 is 11.1 Å². The third kappa shape index (κ3) is 3.19. The molecule has 0 aliphatic heterocycles. The molecule has 104 valence electrons. The number of nitrogens with two attached hydrogens (primary N) is 1. The van der Waals surface area contributed by atoms with Gasteiger partial charge in [-0.1, -0.05) is 18.0 Å². The van der Waals surface area contributed by atoms with Gasteiger partial charge in [-0.15, -0.1) is 0 Å². The lowest BCUT2D eigenvalue weighted by Crippen LogP contribution is -2.47. The summed E-state index contributed by atoms with van der Waals surface area (Å²) in [7, 11) is 2.00. The van der Waals surface area contributed by atoms with Crippen LogP contribution in [0.2, 0.25) is 5.02 Å². The smallest absolute Gasteiger partial charge is 0.241 e. The zero-order valence-electron chi connectivity index (χ0n) is 11.3. The zero-order valence-corrected chi connectivity index (χ0v) is 12.1. The summed E-state index contributed by atoms with van der Waals surface area (Å²) in [6.07, 6.45) is 3.63. The molecule has 0 heterocycles. The second-order valence-electron chi connectivity index (χ2n) is 5.15. The maximum atomic E-state index is 12.2. The summed E-state index contributed by atoms with van der Waals surface area (Å²) >= 11 is 5.85. The van der Waals surface area contributed by atoms with E-state index in [0.717, 1.165) is 0 Å². The Morgan fingerprint density at radius 3 is 2.74 bits per heavy atom. The minimum atomic E-state index is -0.151. The molecule has 0 spiro atoms. The molecule has 4 nitrogen and oxygen atoms in total. The van der Waals surface area contributed by atoms with Gasteiger partial charge in [-0.25, -0.2) is 0 Å². The number of rotatable bonds is 4. The molecule has 2 rings (SSSR count). The molecule has 1 aliphatic carbocycles. The largest absolute Gasteiger partial charge is 0.397 e. The Bertz CT molecular complexity index is 474. The lowest BCUT2D eigenvalue weighted by Gasteiger charge is -2.37. The van der Waals surface area contributed by atoms with Crippen molar-refractivity contribution in [1.82, 2.24) is 4.90 Å². The van der Waals surface area contributed by atoms with Crippen molar-refractivity contribution in [2.75, 3.05) is 18.1 Å². The van der Waals surface area contributed by atoms with Gasteiger partial charge >= 0.3 is 0 Å². The average molecular weight is 282 g/mol. The second kappa shape index (κ2) is 5.80. The first-order valence-electron chi connectivity index (χ1n) is 6.57.